The van der Waals surface area contributed by atoms with Crippen LogP contribution in [0.4, 0.5) is 4.39 Å². The molecule has 0 saturated heterocycles. The van der Waals surface area contributed by atoms with E-state index in [0.29, 0.717) is 18.4 Å². The first-order chi connectivity index (χ1) is 9.25. The van der Waals surface area contributed by atoms with Crippen LogP contribution < -0.4 is 0 Å². The van der Waals surface area contributed by atoms with Crippen LogP contribution in [0.3, 0.4) is 0 Å². The van der Waals surface area contributed by atoms with Gasteiger partial charge in [-0.1, -0.05) is 48.5 Å². The number of halogens is 1. The Labute approximate surface area is 111 Å². The minimum Gasteiger partial charge on any atom is -0.461 e. The number of aryl methyl sites for hydroxylation is 1. The molecule has 0 heterocycles. The fraction of sp³-hybridized carbons (Fsp3) is 0.188. The second-order valence-corrected chi connectivity index (χ2v) is 4.24. The molecule has 2 aromatic rings. The second kappa shape index (κ2) is 6.69. The van der Waals surface area contributed by atoms with E-state index in [1.165, 1.54) is 6.07 Å². The van der Waals surface area contributed by atoms with Crippen molar-refractivity contribution in [1.29, 1.82) is 0 Å². The zero-order valence-electron chi connectivity index (χ0n) is 10.5. The van der Waals surface area contributed by atoms with Crippen molar-refractivity contribution >= 4 is 5.97 Å². The van der Waals surface area contributed by atoms with Crippen LogP contribution >= 0.6 is 0 Å². The summed E-state index contributed by atoms with van der Waals surface area (Å²) in [6.07, 6.45) is 0.940. The highest BCUT2D eigenvalue weighted by molar-refractivity contribution is 5.69. The first-order valence-corrected chi connectivity index (χ1v) is 6.18. The monoisotopic (exact) mass is 258 g/mol. The van der Waals surface area contributed by atoms with E-state index in [-0.39, 0.29) is 18.4 Å². The average Bonchev–Trinajstić information content (AvgIpc) is 2.45. The summed E-state index contributed by atoms with van der Waals surface area (Å²) in [4.78, 5) is 11.6. The lowest BCUT2D eigenvalue weighted by molar-refractivity contribution is -0.144. The maximum Gasteiger partial charge on any atom is 0.306 e. The van der Waals surface area contributed by atoms with E-state index in [2.05, 4.69) is 0 Å². The molecule has 0 unspecified atom stereocenters. The predicted molar refractivity (Wildman–Crippen MR) is 71.0 cm³/mol. The molecule has 3 heteroatoms. The molecule has 0 amide bonds. The van der Waals surface area contributed by atoms with Crippen molar-refractivity contribution in [2.45, 2.75) is 19.4 Å². The lowest BCUT2D eigenvalue weighted by Gasteiger charge is -2.06. The summed E-state index contributed by atoms with van der Waals surface area (Å²) in [6.45, 7) is -0.0136. The number of esters is 1. The quantitative estimate of drug-likeness (QED) is 0.767. The molecule has 0 saturated carbocycles. The Morgan fingerprint density at radius 3 is 2.42 bits per heavy atom. The van der Waals surface area contributed by atoms with Crippen molar-refractivity contribution in [3.05, 3.63) is 71.5 Å². The van der Waals surface area contributed by atoms with Gasteiger partial charge in [-0.05, 0) is 18.1 Å². The van der Waals surface area contributed by atoms with Crippen LogP contribution in [0, 0.1) is 5.82 Å². The second-order valence-electron chi connectivity index (χ2n) is 4.24. The van der Waals surface area contributed by atoms with E-state index in [4.69, 9.17) is 4.74 Å². The maximum absolute atomic E-state index is 13.3. The molecule has 0 fully saturated rings. The van der Waals surface area contributed by atoms with E-state index < -0.39 is 0 Å². The van der Waals surface area contributed by atoms with Crippen LogP contribution in [-0.4, -0.2) is 5.97 Å². The number of benzene rings is 2. The van der Waals surface area contributed by atoms with Gasteiger partial charge in [0.05, 0.1) is 0 Å². The third-order valence-corrected chi connectivity index (χ3v) is 2.81. The summed E-state index contributed by atoms with van der Waals surface area (Å²) in [5.41, 5.74) is 1.49. The molecule has 0 radical (unpaired) electrons. The zero-order valence-corrected chi connectivity index (χ0v) is 10.5. The van der Waals surface area contributed by atoms with Gasteiger partial charge in [0.15, 0.2) is 0 Å². The molecular formula is C16H15FO2. The highest BCUT2D eigenvalue weighted by Crippen LogP contribution is 2.09. The minimum atomic E-state index is -0.349. The van der Waals surface area contributed by atoms with Crippen molar-refractivity contribution in [2.75, 3.05) is 0 Å². The Morgan fingerprint density at radius 1 is 1.00 bits per heavy atom. The molecule has 2 rings (SSSR count). The molecule has 0 aliphatic rings. The van der Waals surface area contributed by atoms with Crippen molar-refractivity contribution in [2.24, 2.45) is 0 Å². The SMILES string of the molecule is O=C(CCc1ccccc1)OCc1ccccc1F. The topological polar surface area (TPSA) is 26.3 Å². The van der Waals surface area contributed by atoms with Gasteiger partial charge in [0.2, 0.25) is 0 Å². The normalized spacial score (nSPS) is 10.2. The highest BCUT2D eigenvalue weighted by Gasteiger charge is 2.06. The van der Waals surface area contributed by atoms with Gasteiger partial charge in [-0.3, -0.25) is 4.79 Å². The fourth-order valence-electron chi connectivity index (χ4n) is 1.74. The summed E-state index contributed by atoms with van der Waals surface area (Å²) in [7, 11) is 0. The van der Waals surface area contributed by atoms with E-state index >= 15 is 0 Å². The van der Waals surface area contributed by atoms with Gasteiger partial charge in [-0.15, -0.1) is 0 Å². The van der Waals surface area contributed by atoms with E-state index in [1.54, 1.807) is 18.2 Å². The minimum absolute atomic E-state index is 0.0136. The Balaban J connectivity index is 1.78. The molecule has 0 aromatic heterocycles. The average molecular weight is 258 g/mol. The number of carbonyl (C=O) groups is 1. The first kappa shape index (κ1) is 13.3. The molecule has 98 valence electrons. The summed E-state index contributed by atoms with van der Waals surface area (Å²) >= 11 is 0. The first-order valence-electron chi connectivity index (χ1n) is 6.18. The van der Waals surface area contributed by atoms with Crippen LogP contribution in [-0.2, 0) is 22.6 Å². The van der Waals surface area contributed by atoms with Crippen LogP contribution in [0.25, 0.3) is 0 Å². The standard InChI is InChI=1S/C16H15FO2/c17-15-9-5-4-8-14(15)12-19-16(18)11-10-13-6-2-1-3-7-13/h1-9H,10-12H2. The summed E-state index contributed by atoms with van der Waals surface area (Å²) in [5.74, 6) is -0.662. The molecule has 0 spiro atoms. The third-order valence-electron chi connectivity index (χ3n) is 2.81. The van der Waals surface area contributed by atoms with Crippen LogP contribution in [0.15, 0.2) is 54.6 Å². The molecule has 0 bridgehead atoms. The van der Waals surface area contributed by atoms with Gasteiger partial charge in [-0.2, -0.15) is 0 Å². The number of hydrogen-bond acceptors (Lipinski definition) is 2. The molecule has 2 nitrogen and oxygen atoms in total. The maximum atomic E-state index is 13.3. The van der Waals surface area contributed by atoms with Crippen LogP contribution in [0.2, 0.25) is 0 Å². The number of ether oxygens (including phenoxy) is 1. The van der Waals surface area contributed by atoms with Gasteiger partial charge >= 0.3 is 5.97 Å². The van der Waals surface area contributed by atoms with Crippen LogP contribution in [0.1, 0.15) is 17.5 Å². The lowest BCUT2D eigenvalue weighted by atomic mass is 10.1. The summed E-state index contributed by atoms with van der Waals surface area (Å²) in [5, 5.41) is 0. The van der Waals surface area contributed by atoms with Gasteiger partial charge in [0.25, 0.3) is 0 Å². The number of hydrogen-bond donors (Lipinski definition) is 0. The zero-order chi connectivity index (χ0) is 13.5. The Hall–Kier alpha value is -2.16. The van der Waals surface area contributed by atoms with E-state index in [9.17, 15) is 9.18 Å². The lowest BCUT2D eigenvalue weighted by Crippen LogP contribution is -2.06. The van der Waals surface area contributed by atoms with Crippen molar-refractivity contribution < 1.29 is 13.9 Å². The summed E-state index contributed by atoms with van der Waals surface area (Å²) < 4.78 is 18.4. The van der Waals surface area contributed by atoms with Gasteiger partial charge < -0.3 is 4.74 Å². The Morgan fingerprint density at radius 2 is 1.68 bits per heavy atom. The Bertz CT molecular complexity index is 537. The molecule has 0 aliphatic carbocycles. The Kier molecular flexibility index (Phi) is 4.67. The number of rotatable bonds is 5. The van der Waals surface area contributed by atoms with Crippen LogP contribution in [0.5, 0.6) is 0 Å². The van der Waals surface area contributed by atoms with E-state index in [1.807, 2.05) is 30.3 Å². The van der Waals surface area contributed by atoms with Gasteiger partial charge in [0, 0.05) is 12.0 Å². The molecule has 0 N–H and O–H groups in total. The molecule has 0 aliphatic heterocycles. The molecule has 19 heavy (non-hydrogen) atoms. The largest absolute Gasteiger partial charge is 0.461 e. The molecule has 2 aromatic carbocycles. The third kappa shape index (κ3) is 4.21. The predicted octanol–water partition coefficient (Wildman–Crippen LogP) is 3.50. The molecular weight excluding hydrogens is 243 g/mol. The smallest absolute Gasteiger partial charge is 0.306 e. The van der Waals surface area contributed by atoms with Crippen molar-refractivity contribution in [3.8, 4) is 0 Å². The highest BCUT2D eigenvalue weighted by atomic mass is 19.1. The molecule has 0 atom stereocenters. The van der Waals surface area contributed by atoms with Gasteiger partial charge in [-0.25, -0.2) is 4.39 Å². The fourth-order valence-corrected chi connectivity index (χ4v) is 1.74. The van der Waals surface area contributed by atoms with Gasteiger partial charge in [0.1, 0.15) is 12.4 Å². The number of carbonyl (C=O) groups excluding carboxylic acids is 1. The van der Waals surface area contributed by atoms with E-state index in [0.717, 1.165) is 5.56 Å². The van der Waals surface area contributed by atoms with Crippen molar-refractivity contribution in [3.63, 3.8) is 0 Å². The summed E-state index contributed by atoms with van der Waals surface area (Å²) in [6, 6.07) is 16.0. The van der Waals surface area contributed by atoms with Crippen molar-refractivity contribution in [1.82, 2.24) is 0 Å².